The normalized spacial score (nSPS) is 11.7. The van der Waals surface area contributed by atoms with Gasteiger partial charge in [-0.15, -0.1) is 0 Å². The number of aryl methyl sites for hydroxylation is 1. The average molecular weight is 260 g/mol. The molecule has 3 nitrogen and oxygen atoms in total. The third-order valence-electron chi connectivity index (χ3n) is 2.90. The molecule has 0 amide bonds. The molecule has 18 heavy (non-hydrogen) atoms. The fraction of sp³-hybridized carbons (Fsp3) is 0.500. The summed E-state index contributed by atoms with van der Waals surface area (Å²) in [5.74, 6) is -1.78. The largest absolute Gasteiger partial charge is 1.00 e. The van der Waals surface area contributed by atoms with E-state index in [4.69, 9.17) is 10.2 Å². The van der Waals surface area contributed by atoms with E-state index in [1.165, 1.54) is 12.8 Å². The SMILES string of the molecule is CCCCCc1cccc(C(CO)C(=O)O)c1.[H-].[Na+]. The van der Waals surface area contributed by atoms with Gasteiger partial charge in [0.15, 0.2) is 0 Å². The van der Waals surface area contributed by atoms with E-state index in [0.717, 1.165) is 18.4 Å². The molecule has 0 fully saturated rings. The number of rotatable bonds is 7. The minimum atomic E-state index is -0.974. The zero-order chi connectivity index (χ0) is 12.7. The van der Waals surface area contributed by atoms with Crippen LogP contribution in [0.1, 0.15) is 44.7 Å². The molecule has 0 saturated heterocycles. The van der Waals surface area contributed by atoms with Crippen LogP contribution in [0.3, 0.4) is 0 Å². The second kappa shape index (κ2) is 9.56. The van der Waals surface area contributed by atoms with Crippen molar-refractivity contribution in [3.63, 3.8) is 0 Å². The van der Waals surface area contributed by atoms with Crippen molar-refractivity contribution in [1.29, 1.82) is 0 Å². The molecule has 96 valence electrons. The first-order chi connectivity index (χ1) is 8.19. The van der Waals surface area contributed by atoms with Crippen LogP contribution in [0.4, 0.5) is 0 Å². The van der Waals surface area contributed by atoms with Crippen LogP contribution in [0.2, 0.25) is 0 Å². The molecule has 1 atom stereocenters. The van der Waals surface area contributed by atoms with Crippen molar-refractivity contribution in [2.45, 2.75) is 38.5 Å². The Hall–Kier alpha value is -0.350. The number of aliphatic hydroxyl groups is 1. The van der Waals surface area contributed by atoms with Gasteiger partial charge in [0.2, 0.25) is 0 Å². The first-order valence-corrected chi connectivity index (χ1v) is 6.11. The Kier molecular flexibility index (Phi) is 9.38. The van der Waals surface area contributed by atoms with E-state index in [1.54, 1.807) is 6.07 Å². The molecule has 0 saturated carbocycles. The van der Waals surface area contributed by atoms with Gasteiger partial charge in [-0.05, 0) is 24.0 Å². The minimum Gasteiger partial charge on any atom is -1.00 e. The number of benzene rings is 1. The molecular formula is C14H21NaO3. The van der Waals surface area contributed by atoms with Crippen molar-refractivity contribution in [1.82, 2.24) is 0 Å². The first kappa shape index (κ1) is 17.6. The maximum absolute atomic E-state index is 10.9. The summed E-state index contributed by atoms with van der Waals surface area (Å²) in [7, 11) is 0. The van der Waals surface area contributed by atoms with Gasteiger partial charge in [0.1, 0.15) is 5.92 Å². The fourth-order valence-corrected chi connectivity index (χ4v) is 1.87. The van der Waals surface area contributed by atoms with Gasteiger partial charge >= 0.3 is 35.5 Å². The van der Waals surface area contributed by atoms with Gasteiger partial charge in [0, 0.05) is 0 Å². The van der Waals surface area contributed by atoms with E-state index >= 15 is 0 Å². The van der Waals surface area contributed by atoms with Crippen LogP contribution in [0.15, 0.2) is 24.3 Å². The van der Waals surface area contributed by atoms with E-state index in [9.17, 15) is 4.79 Å². The molecule has 4 heteroatoms. The van der Waals surface area contributed by atoms with E-state index in [-0.39, 0.29) is 37.6 Å². The molecule has 2 N–H and O–H groups in total. The van der Waals surface area contributed by atoms with Crippen LogP contribution in [0.25, 0.3) is 0 Å². The molecule has 1 unspecified atom stereocenters. The van der Waals surface area contributed by atoms with E-state index < -0.39 is 11.9 Å². The smallest absolute Gasteiger partial charge is 1.00 e. The van der Waals surface area contributed by atoms with Gasteiger partial charge in [-0.1, -0.05) is 44.0 Å². The Bertz CT molecular complexity index is 371. The zero-order valence-electron chi connectivity index (χ0n) is 12.2. The number of carbonyl (C=O) groups is 1. The molecular weight excluding hydrogens is 239 g/mol. The van der Waals surface area contributed by atoms with Crippen LogP contribution in [-0.4, -0.2) is 22.8 Å². The molecule has 0 aliphatic heterocycles. The Morgan fingerprint density at radius 2 is 2.11 bits per heavy atom. The van der Waals surface area contributed by atoms with Crippen LogP contribution < -0.4 is 29.6 Å². The Labute approximate surface area is 132 Å². The maximum Gasteiger partial charge on any atom is 1.00 e. The summed E-state index contributed by atoms with van der Waals surface area (Å²) in [5.41, 5.74) is 1.84. The molecule has 0 bridgehead atoms. The topological polar surface area (TPSA) is 57.5 Å². The molecule has 0 aromatic heterocycles. The van der Waals surface area contributed by atoms with Crippen LogP contribution in [-0.2, 0) is 11.2 Å². The van der Waals surface area contributed by atoms with Crippen LogP contribution in [0.5, 0.6) is 0 Å². The van der Waals surface area contributed by atoms with Gasteiger partial charge in [0.25, 0.3) is 0 Å². The van der Waals surface area contributed by atoms with Crippen molar-refractivity contribution in [3.05, 3.63) is 35.4 Å². The van der Waals surface area contributed by atoms with Crippen molar-refractivity contribution in [2.24, 2.45) is 0 Å². The van der Waals surface area contributed by atoms with E-state index in [0.29, 0.717) is 5.56 Å². The van der Waals surface area contributed by atoms with Crippen molar-refractivity contribution in [3.8, 4) is 0 Å². The number of carboxylic acids is 1. The predicted molar refractivity (Wildman–Crippen MR) is 68.2 cm³/mol. The van der Waals surface area contributed by atoms with Gasteiger partial charge in [0.05, 0.1) is 6.61 Å². The van der Waals surface area contributed by atoms with Gasteiger partial charge in [-0.3, -0.25) is 4.79 Å². The average Bonchev–Trinajstić information content (AvgIpc) is 2.30. The van der Waals surface area contributed by atoms with Gasteiger partial charge in [-0.2, -0.15) is 0 Å². The van der Waals surface area contributed by atoms with Crippen molar-refractivity contribution >= 4 is 5.97 Å². The standard InChI is InChI=1S/C14H20O3.Na.H/c1-2-3-4-6-11-7-5-8-12(9-11)13(10-15)14(16)17;;/h5,7-9,13,15H,2-4,6,10H2,1H3,(H,16,17);;/q;+1;-1. The number of carboxylic acid groups (broad SMARTS) is 1. The number of aliphatic hydroxyl groups excluding tert-OH is 1. The quantitative estimate of drug-likeness (QED) is 0.522. The number of unbranched alkanes of at least 4 members (excludes halogenated alkanes) is 2. The number of aliphatic carboxylic acids is 1. The summed E-state index contributed by atoms with van der Waals surface area (Å²) < 4.78 is 0. The van der Waals surface area contributed by atoms with E-state index in [2.05, 4.69) is 6.92 Å². The molecule has 0 aliphatic rings. The fourth-order valence-electron chi connectivity index (χ4n) is 1.87. The van der Waals surface area contributed by atoms with Crippen molar-refractivity contribution in [2.75, 3.05) is 6.61 Å². The predicted octanol–water partition coefficient (Wildman–Crippen LogP) is -0.304. The number of hydrogen-bond donors (Lipinski definition) is 2. The number of hydrogen-bond acceptors (Lipinski definition) is 2. The Morgan fingerprint density at radius 3 is 2.67 bits per heavy atom. The van der Waals surface area contributed by atoms with Crippen LogP contribution in [0, 0.1) is 0 Å². The maximum atomic E-state index is 10.9. The molecule has 0 aliphatic carbocycles. The summed E-state index contributed by atoms with van der Waals surface area (Å²) in [5, 5.41) is 18.0. The van der Waals surface area contributed by atoms with Gasteiger partial charge < -0.3 is 11.6 Å². The second-order valence-corrected chi connectivity index (χ2v) is 4.28. The molecule has 0 heterocycles. The molecule has 1 rings (SSSR count). The van der Waals surface area contributed by atoms with Gasteiger partial charge in [-0.25, -0.2) is 0 Å². The van der Waals surface area contributed by atoms with Crippen molar-refractivity contribution < 1.29 is 46.0 Å². The monoisotopic (exact) mass is 260 g/mol. The minimum absolute atomic E-state index is 0. The third-order valence-corrected chi connectivity index (χ3v) is 2.90. The molecule has 0 spiro atoms. The summed E-state index contributed by atoms with van der Waals surface area (Å²) in [6.07, 6.45) is 4.46. The summed E-state index contributed by atoms with van der Waals surface area (Å²) >= 11 is 0. The Morgan fingerprint density at radius 1 is 1.39 bits per heavy atom. The zero-order valence-corrected chi connectivity index (χ0v) is 13.2. The summed E-state index contributed by atoms with van der Waals surface area (Å²) in [6.45, 7) is 1.80. The molecule has 0 radical (unpaired) electrons. The Balaban J connectivity index is 0. The van der Waals surface area contributed by atoms with E-state index in [1.807, 2.05) is 18.2 Å². The molecule has 1 aromatic carbocycles. The first-order valence-electron chi connectivity index (χ1n) is 6.11. The van der Waals surface area contributed by atoms with Crippen LogP contribution >= 0.6 is 0 Å². The molecule has 1 aromatic rings. The second-order valence-electron chi connectivity index (χ2n) is 4.28. The summed E-state index contributed by atoms with van der Waals surface area (Å²) in [4.78, 5) is 10.9. The summed E-state index contributed by atoms with van der Waals surface area (Å²) in [6, 6.07) is 7.53. The third kappa shape index (κ3) is 5.53.